The molecule has 0 unspecified atom stereocenters. The van der Waals surface area contributed by atoms with E-state index in [-0.39, 0.29) is 5.92 Å². The number of pyridine rings is 1. The van der Waals surface area contributed by atoms with Gasteiger partial charge in [-0.15, -0.1) is 0 Å². The van der Waals surface area contributed by atoms with Crippen LogP contribution in [0.5, 0.6) is 0 Å². The number of nitrogens with zero attached hydrogens (tertiary/aromatic N) is 6. The van der Waals surface area contributed by atoms with E-state index in [1.807, 2.05) is 24.4 Å². The lowest BCUT2D eigenvalue weighted by Crippen LogP contribution is -2.26. The summed E-state index contributed by atoms with van der Waals surface area (Å²) in [4.78, 5) is 4.72. The quantitative estimate of drug-likeness (QED) is 0.363. The van der Waals surface area contributed by atoms with Crippen LogP contribution in [0.25, 0.3) is 16.9 Å². The van der Waals surface area contributed by atoms with Crippen LogP contribution in [0.15, 0.2) is 49.1 Å². The summed E-state index contributed by atoms with van der Waals surface area (Å²) in [5.41, 5.74) is 6.13. The molecule has 0 aliphatic heterocycles. The molecule has 0 bridgehead atoms. The van der Waals surface area contributed by atoms with E-state index in [1.54, 1.807) is 16.9 Å². The van der Waals surface area contributed by atoms with Gasteiger partial charge in [0.15, 0.2) is 0 Å². The van der Waals surface area contributed by atoms with Crippen LogP contribution in [0.3, 0.4) is 0 Å². The highest BCUT2D eigenvalue weighted by Crippen LogP contribution is 2.36. The number of nitrogens with one attached hydrogen (secondary N) is 1. The van der Waals surface area contributed by atoms with Crippen LogP contribution < -0.4 is 5.32 Å². The molecule has 0 saturated heterocycles. The van der Waals surface area contributed by atoms with E-state index in [0.717, 1.165) is 64.1 Å². The van der Waals surface area contributed by atoms with Gasteiger partial charge < -0.3 is 5.32 Å². The van der Waals surface area contributed by atoms with Gasteiger partial charge >= 0.3 is 6.55 Å². The van der Waals surface area contributed by atoms with E-state index in [4.69, 9.17) is 10.2 Å². The van der Waals surface area contributed by atoms with Crippen molar-refractivity contribution in [1.29, 1.82) is 5.26 Å². The third-order valence-electron chi connectivity index (χ3n) is 6.83. The second-order valence-corrected chi connectivity index (χ2v) is 9.45. The van der Waals surface area contributed by atoms with E-state index >= 15 is 0 Å². The Hall–Kier alpha value is -3.80. The molecule has 7 nitrogen and oxygen atoms in total. The first-order valence-corrected chi connectivity index (χ1v) is 11.9. The summed E-state index contributed by atoms with van der Waals surface area (Å²) in [6, 6.07) is 10.2. The molecule has 4 aromatic heterocycles. The number of anilines is 1. The molecule has 1 N–H and O–H groups in total. The average molecular weight is 476 g/mol. The third kappa shape index (κ3) is 4.61. The Bertz CT molecular complexity index is 1370. The van der Waals surface area contributed by atoms with Crippen molar-refractivity contribution in [2.75, 3.05) is 5.32 Å². The Kier molecular flexibility index (Phi) is 6.20. The van der Waals surface area contributed by atoms with Crippen molar-refractivity contribution in [3.63, 3.8) is 0 Å². The van der Waals surface area contributed by atoms with E-state index in [0.29, 0.717) is 17.5 Å². The van der Waals surface area contributed by atoms with Crippen LogP contribution in [0, 0.1) is 11.3 Å². The predicted octanol–water partition coefficient (Wildman–Crippen LogP) is 6.12. The fourth-order valence-electron chi connectivity index (χ4n) is 4.91. The number of rotatable bonds is 6. The van der Waals surface area contributed by atoms with Crippen LogP contribution in [-0.4, -0.2) is 30.4 Å². The maximum Gasteiger partial charge on any atom is 0.333 e. The lowest BCUT2D eigenvalue weighted by Gasteiger charge is -2.30. The van der Waals surface area contributed by atoms with Gasteiger partial charge in [-0.3, -0.25) is 4.98 Å². The molecule has 35 heavy (non-hydrogen) atoms. The van der Waals surface area contributed by atoms with Crippen molar-refractivity contribution in [3.05, 3.63) is 65.7 Å². The Balaban J connectivity index is 1.35. The zero-order valence-electron chi connectivity index (χ0n) is 19.7. The molecule has 180 valence electrons. The molecule has 1 aliphatic rings. The number of fused-ring (bicyclic) bond motifs is 1. The summed E-state index contributed by atoms with van der Waals surface area (Å²) in [7, 11) is 0. The van der Waals surface area contributed by atoms with Crippen LogP contribution in [-0.2, 0) is 0 Å². The predicted molar refractivity (Wildman–Crippen MR) is 129 cm³/mol. The Morgan fingerprint density at radius 3 is 2.54 bits per heavy atom. The molecule has 4 aromatic rings. The number of aromatic nitrogens is 5. The van der Waals surface area contributed by atoms with Crippen molar-refractivity contribution in [2.24, 2.45) is 0 Å². The maximum atomic E-state index is 12.9. The van der Waals surface area contributed by atoms with Crippen molar-refractivity contribution in [2.45, 2.75) is 64.0 Å². The van der Waals surface area contributed by atoms with Crippen LogP contribution in [0.1, 0.15) is 74.6 Å². The molecule has 5 rings (SSSR count). The van der Waals surface area contributed by atoms with Gasteiger partial charge in [-0.25, -0.2) is 9.20 Å². The first-order chi connectivity index (χ1) is 16.9. The Labute approximate surface area is 202 Å². The summed E-state index contributed by atoms with van der Waals surface area (Å²) >= 11 is 0. The summed E-state index contributed by atoms with van der Waals surface area (Å²) in [5.74, 6) is 0.561. The summed E-state index contributed by atoms with van der Waals surface area (Å²) in [5, 5.41) is 21.1. The molecule has 0 atom stereocenters. The molecule has 0 aromatic carbocycles. The average Bonchev–Trinajstić information content (AvgIpc) is 3.52. The smallest absolute Gasteiger partial charge is 0.333 e. The van der Waals surface area contributed by atoms with Crippen LogP contribution in [0.2, 0.25) is 0 Å². The summed E-state index contributed by atoms with van der Waals surface area (Å²) in [6.07, 6.45) is 10.3. The lowest BCUT2D eigenvalue weighted by molar-refractivity contribution is 0.0565. The van der Waals surface area contributed by atoms with Gasteiger partial charge in [-0.1, -0.05) is 13.8 Å². The van der Waals surface area contributed by atoms with Crippen LogP contribution >= 0.6 is 0 Å². The van der Waals surface area contributed by atoms with E-state index < -0.39 is 6.55 Å². The van der Waals surface area contributed by atoms with Crippen molar-refractivity contribution in [1.82, 2.24) is 24.4 Å². The minimum Gasteiger partial charge on any atom is -0.382 e. The number of hydrogen-bond donors (Lipinski definition) is 1. The van der Waals surface area contributed by atoms with Crippen molar-refractivity contribution >= 4 is 11.2 Å². The monoisotopic (exact) mass is 475 g/mol. The van der Waals surface area contributed by atoms with Gasteiger partial charge in [0.2, 0.25) is 0 Å². The molecule has 1 saturated carbocycles. The molecule has 0 spiro atoms. The fourth-order valence-corrected chi connectivity index (χ4v) is 4.91. The molecule has 4 heterocycles. The molecule has 9 heteroatoms. The number of nitriles is 1. The Morgan fingerprint density at radius 2 is 1.86 bits per heavy atom. The molecular formula is C26H27F2N7. The second kappa shape index (κ2) is 9.45. The highest BCUT2D eigenvalue weighted by molar-refractivity contribution is 5.69. The minimum absolute atomic E-state index is 0.259. The number of alkyl halides is 2. The number of hydrogen-bond acceptors (Lipinski definition) is 5. The third-order valence-corrected chi connectivity index (χ3v) is 6.83. The minimum atomic E-state index is -2.60. The van der Waals surface area contributed by atoms with Gasteiger partial charge in [0.1, 0.15) is 6.07 Å². The fraction of sp³-hybridized carbons (Fsp3) is 0.385. The first kappa shape index (κ1) is 23.0. The van der Waals surface area contributed by atoms with Gasteiger partial charge in [0, 0.05) is 24.1 Å². The largest absolute Gasteiger partial charge is 0.382 e. The maximum absolute atomic E-state index is 12.9. The van der Waals surface area contributed by atoms with Gasteiger partial charge in [-0.05, 0) is 72.9 Å². The standard InChI is InChI=1S/C26H27F2N7/c1-16(2)22-14-30-24(25-8-7-21-9-17(11-29)12-32-35(21)25)10-23(22)33-20-5-3-18(4-6-20)19-13-31-34(15-19)26(27)28/h7-10,12-16,18,20,26H,3-6H2,1-2H3,(H,30,33)/t18-,20-. The van der Waals surface area contributed by atoms with Gasteiger partial charge in [0.05, 0.1) is 34.9 Å². The zero-order valence-corrected chi connectivity index (χ0v) is 19.7. The van der Waals surface area contributed by atoms with E-state index in [2.05, 4.69) is 41.5 Å². The number of halogens is 2. The molecule has 0 amide bonds. The normalized spacial score (nSPS) is 18.3. The molecule has 0 radical (unpaired) electrons. The molecule has 1 aliphatic carbocycles. The van der Waals surface area contributed by atoms with E-state index in [9.17, 15) is 8.78 Å². The summed E-state index contributed by atoms with van der Waals surface area (Å²) < 4.78 is 28.3. The molecular weight excluding hydrogens is 448 g/mol. The highest BCUT2D eigenvalue weighted by atomic mass is 19.3. The lowest BCUT2D eigenvalue weighted by atomic mass is 9.82. The molecule has 1 fully saturated rings. The van der Waals surface area contributed by atoms with Gasteiger partial charge in [-0.2, -0.15) is 24.2 Å². The van der Waals surface area contributed by atoms with Gasteiger partial charge in [0.25, 0.3) is 0 Å². The van der Waals surface area contributed by atoms with E-state index in [1.165, 1.54) is 6.20 Å². The SMILES string of the molecule is CC(C)c1cnc(-c2ccc3cc(C#N)cnn23)cc1N[C@H]1CC[C@H](c2cnn(C(F)F)c2)CC1. The summed E-state index contributed by atoms with van der Waals surface area (Å²) in [6.45, 7) is 1.70. The highest BCUT2D eigenvalue weighted by Gasteiger charge is 2.25. The topological polar surface area (TPSA) is 83.8 Å². The Morgan fingerprint density at radius 1 is 1.06 bits per heavy atom. The van der Waals surface area contributed by atoms with Crippen molar-refractivity contribution in [3.8, 4) is 17.5 Å². The second-order valence-electron chi connectivity index (χ2n) is 9.45. The van der Waals surface area contributed by atoms with Crippen molar-refractivity contribution < 1.29 is 8.78 Å². The first-order valence-electron chi connectivity index (χ1n) is 11.9. The van der Waals surface area contributed by atoms with Crippen LogP contribution in [0.4, 0.5) is 14.5 Å². The zero-order chi connectivity index (χ0) is 24.5.